The second-order valence-electron chi connectivity index (χ2n) is 6.37. The molecular formula is C18H17ClF3N3O2S2. The van der Waals surface area contributed by atoms with Crippen molar-refractivity contribution in [2.45, 2.75) is 15.3 Å². The topological polar surface area (TPSA) is 62.3 Å². The van der Waals surface area contributed by atoms with E-state index in [1.165, 1.54) is 0 Å². The van der Waals surface area contributed by atoms with E-state index in [1.54, 1.807) is 18.3 Å². The molecule has 0 bridgehead atoms. The van der Waals surface area contributed by atoms with Gasteiger partial charge in [-0.05, 0) is 36.4 Å². The van der Waals surface area contributed by atoms with Crippen LogP contribution in [-0.2, 0) is 16.0 Å². The second kappa shape index (κ2) is 8.10. The van der Waals surface area contributed by atoms with Crippen molar-refractivity contribution in [3.8, 4) is 0 Å². The fraction of sp³-hybridized carbons (Fsp3) is 0.278. The second-order valence-corrected chi connectivity index (χ2v) is 9.63. The Balaban J connectivity index is 0.00000240. The molecule has 1 N–H and O–H groups in total. The molecule has 4 rings (SSSR count). The van der Waals surface area contributed by atoms with E-state index in [-0.39, 0.29) is 21.5 Å². The van der Waals surface area contributed by atoms with Crippen molar-refractivity contribution in [2.75, 3.05) is 31.1 Å². The summed E-state index contributed by atoms with van der Waals surface area (Å²) in [6.45, 7) is 3.17. The molecule has 29 heavy (non-hydrogen) atoms. The SMILES string of the molecule is Cl.O=S(=O)(c1ccc(C(F)(F)F)cc1)c1cc2c(N3CCNCC3)nccc2s1. The minimum Gasteiger partial charge on any atom is -0.354 e. The Morgan fingerprint density at radius 1 is 1.07 bits per heavy atom. The summed E-state index contributed by atoms with van der Waals surface area (Å²) in [5.41, 5.74) is -0.881. The Morgan fingerprint density at radius 2 is 1.72 bits per heavy atom. The largest absolute Gasteiger partial charge is 0.416 e. The smallest absolute Gasteiger partial charge is 0.354 e. The highest BCUT2D eigenvalue weighted by atomic mass is 35.5. The van der Waals surface area contributed by atoms with Crippen LogP contribution in [0, 0.1) is 0 Å². The third-order valence-corrected chi connectivity index (χ3v) is 7.92. The number of fused-ring (bicyclic) bond motifs is 1. The van der Waals surface area contributed by atoms with Crippen molar-refractivity contribution in [3.63, 3.8) is 0 Å². The molecule has 3 aromatic rings. The molecule has 1 aromatic carbocycles. The van der Waals surface area contributed by atoms with Crippen LogP contribution in [-0.4, -0.2) is 39.6 Å². The zero-order valence-electron chi connectivity index (χ0n) is 14.9. The Hall–Kier alpha value is -1.88. The molecule has 0 amide bonds. The summed E-state index contributed by atoms with van der Waals surface area (Å²) in [5.74, 6) is 0.726. The van der Waals surface area contributed by atoms with Crippen LogP contribution in [0.1, 0.15) is 5.56 Å². The third-order valence-electron chi connectivity index (χ3n) is 4.58. The Morgan fingerprint density at radius 3 is 2.34 bits per heavy atom. The van der Waals surface area contributed by atoms with Gasteiger partial charge in [-0.3, -0.25) is 0 Å². The molecule has 1 aliphatic rings. The van der Waals surface area contributed by atoms with Gasteiger partial charge in [0, 0.05) is 42.5 Å². The van der Waals surface area contributed by atoms with E-state index in [0.717, 1.165) is 77.7 Å². The molecule has 2 aromatic heterocycles. The average Bonchev–Trinajstić information content (AvgIpc) is 3.13. The summed E-state index contributed by atoms with van der Waals surface area (Å²) < 4.78 is 64.9. The molecule has 11 heteroatoms. The molecule has 0 unspecified atom stereocenters. The van der Waals surface area contributed by atoms with Crippen molar-refractivity contribution in [1.82, 2.24) is 10.3 Å². The molecular weight excluding hydrogens is 447 g/mol. The van der Waals surface area contributed by atoms with Gasteiger partial charge in [-0.25, -0.2) is 13.4 Å². The lowest BCUT2D eigenvalue weighted by molar-refractivity contribution is -0.137. The van der Waals surface area contributed by atoms with Gasteiger partial charge in [-0.1, -0.05) is 0 Å². The van der Waals surface area contributed by atoms with Crippen LogP contribution < -0.4 is 10.2 Å². The number of hydrogen-bond donors (Lipinski definition) is 1. The van der Waals surface area contributed by atoms with E-state index < -0.39 is 21.6 Å². The van der Waals surface area contributed by atoms with Crippen molar-refractivity contribution < 1.29 is 21.6 Å². The van der Waals surface area contributed by atoms with Crippen LogP contribution >= 0.6 is 23.7 Å². The number of alkyl halides is 3. The number of pyridine rings is 1. The van der Waals surface area contributed by atoms with Crippen LogP contribution in [0.2, 0.25) is 0 Å². The first kappa shape index (κ1) is 21.8. The first-order chi connectivity index (χ1) is 13.3. The monoisotopic (exact) mass is 463 g/mol. The van der Waals surface area contributed by atoms with E-state index in [1.807, 2.05) is 0 Å². The summed E-state index contributed by atoms with van der Waals surface area (Å²) in [7, 11) is -3.92. The van der Waals surface area contributed by atoms with Gasteiger partial charge in [-0.15, -0.1) is 23.7 Å². The maximum Gasteiger partial charge on any atom is 0.416 e. The van der Waals surface area contributed by atoms with Crippen LogP contribution in [0.15, 0.2) is 51.7 Å². The molecule has 1 fully saturated rings. The van der Waals surface area contributed by atoms with Crippen molar-refractivity contribution in [2.24, 2.45) is 0 Å². The highest BCUT2D eigenvalue weighted by molar-refractivity contribution is 7.93. The lowest BCUT2D eigenvalue weighted by Gasteiger charge is -2.28. The molecule has 0 saturated carbocycles. The zero-order chi connectivity index (χ0) is 19.9. The molecule has 0 spiro atoms. The summed E-state index contributed by atoms with van der Waals surface area (Å²) in [5, 5.41) is 3.99. The van der Waals surface area contributed by atoms with E-state index in [2.05, 4.69) is 15.2 Å². The maximum atomic E-state index is 12.9. The Kier molecular flexibility index (Phi) is 6.09. The van der Waals surface area contributed by atoms with Crippen molar-refractivity contribution in [3.05, 3.63) is 48.2 Å². The lowest BCUT2D eigenvalue weighted by Crippen LogP contribution is -2.43. The number of nitrogens with zero attached hydrogens (tertiary/aromatic N) is 2. The quantitative estimate of drug-likeness (QED) is 0.636. The van der Waals surface area contributed by atoms with E-state index in [9.17, 15) is 21.6 Å². The predicted molar refractivity (Wildman–Crippen MR) is 109 cm³/mol. The van der Waals surface area contributed by atoms with Crippen molar-refractivity contribution >= 4 is 49.5 Å². The van der Waals surface area contributed by atoms with Gasteiger partial charge in [0.1, 0.15) is 10.0 Å². The standard InChI is InChI=1S/C18H16F3N3O2S2.ClH/c19-18(20,21)12-1-3-13(4-2-12)28(25,26)16-11-14-15(27-16)5-6-23-17(14)24-9-7-22-8-10-24;/h1-6,11,22H,7-10H2;1H. The van der Waals surface area contributed by atoms with Crippen molar-refractivity contribution in [1.29, 1.82) is 0 Å². The van der Waals surface area contributed by atoms with Crippen LogP contribution in [0.3, 0.4) is 0 Å². The van der Waals surface area contributed by atoms with Crippen LogP contribution in [0.25, 0.3) is 10.1 Å². The summed E-state index contributed by atoms with van der Waals surface area (Å²) in [6.07, 6.45) is -2.87. The number of rotatable bonds is 3. The molecule has 3 heterocycles. The normalized spacial score (nSPS) is 15.3. The van der Waals surface area contributed by atoms with Gasteiger partial charge >= 0.3 is 6.18 Å². The third kappa shape index (κ3) is 4.20. The minimum absolute atomic E-state index is 0. The fourth-order valence-electron chi connectivity index (χ4n) is 3.13. The predicted octanol–water partition coefficient (Wildman–Crippen LogP) is 3.98. The number of benzene rings is 1. The summed E-state index contributed by atoms with van der Waals surface area (Å²) >= 11 is 1.09. The molecule has 1 saturated heterocycles. The molecule has 0 radical (unpaired) electrons. The molecule has 1 aliphatic heterocycles. The number of thiophene rings is 1. The molecule has 156 valence electrons. The zero-order valence-corrected chi connectivity index (χ0v) is 17.4. The number of sulfone groups is 1. The van der Waals surface area contributed by atoms with Gasteiger partial charge < -0.3 is 10.2 Å². The fourth-order valence-corrected chi connectivity index (χ4v) is 5.90. The number of piperazine rings is 1. The number of halogens is 4. The number of aromatic nitrogens is 1. The first-order valence-corrected chi connectivity index (χ1v) is 10.8. The van der Waals surface area contributed by atoms with Gasteiger partial charge in [0.25, 0.3) is 0 Å². The highest BCUT2D eigenvalue weighted by Crippen LogP contribution is 2.37. The lowest BCUT2D eigenvalue weighted by atomic mass is 10.2. The first-order valence-electron chi connectivity index (χ1n) is 8.53. The van der Waals surface area contributed by atoms with Crippen LogP contribution in [0.5, 0.6) is 0 Å². The summed E-state index contributed by atoms with van der Waals surface area (Å²) in [4.78, 5) is 6.36. The van der Waals surface area contributed by atoms with E-state index in [4.69, 9.17) is 0 Å². The molecule has 5 nitrogen and oxygen atoms in total. The van der Waals surface area contributed by atoms with Crippen LogP contribution in [0.4, 0.5) is 19.0 Å². The molecule has 0 atom stereocenters. The highest BCUT2D eigenvalue weighted by Gasteiger charge is 2.31. The van der Waals surface area contributed by atoms with Gasteiger partial charge in [-0.2, -0.15) is 13.2 Å². The Labute approximate surface area is 175 Å². The Bertz CT molecular complexity index is 1110. The van der Waals surface area contributed by atoms with E-state index in [0.29, 0.717) is 0 Å². The van der Waals surface area contributed by atoms with Gasteiger partial charge in [0.05, 0.1) is 10.5 Å². The number of anilines is 1. The van der Waals surface area contributed by atoms with Gasteiger partial charge in [0.2, 0.25) is 9.84 Å². The average molecular weight is 464 g/mol. The minimum atomic E-state index is -4.51. The van der Waals surface area contributed by atoms with Gasteiger partial charge in [0.15, 0.2) is 0 Å². The number of nitrogens with one attached hydrogen (secondary N) is 1. The maximum absolute atomic E-state index is 12.9. The summed E-state index contributed by atoms with van der Waals surface area (Å²) in [6, 6.07) is 6.88. The molecule has 0 aliphatic carbocycles. The number of hydrogen-bond acceptors (Lipinski definition) is 6. The van der Waals surface area contributed by atoms with E-state index >= 15 is 0 Å².